The zero-order valence-electron chi connectivity index (χ0n) is 15.8. The van der Waals surface area contributed by atoms with Gasteiger partial charge in [0.05, 0.1) is 18.3 Å². The van der Waals surface area contributed by atoms with Gasteiger partial charge in [-0.25, -0.2) is 0 Å². The van der Waals surface area contributed by atoms with Gasteiger partial charge in [0.2, 0.25) is 0 Å². The number of nitrogens with zero attached hydrogens (tertiary/aromatic N) is 1. The molecule has 2 atom stereocenters. The molecule has 2 N–H and O–H groups in total. The Morgan fingerprint density at radius 1 is 0.808 bits per heavy atom. The summed E-state index contributed by atoms with van der Waals surface area (Å²) in [6, 6.07) is 19.3. The second-order valence-corrected chi connectivity index (χ2v) is 6.89. The van der Waals surface area contributed by atoms with Gasteiger partial charge in [0, 0.05) is 26.2 Å². The van der Waals surface area contributed by atoms with Crippen LogP contribution in [0.4, 0.5) is 0 Å². The maximum absolute atomic E-state index is 10.6. The first kappa shape index (κ1) is 20.6. The van der Waals surface area contributed by atoms with E-state index in [0.717, 1.165) is 24.1 Å². The average molecular weight is 357 g/mol. The summed E-state index contributed by atoms with van der Waals surface area (Å²) in [6.07, 6.45) is -0.0788. The van der Waals surface area contributed by atoms with Crippen LogP contribution in [0.2, 0.25) is 0 Å². The normalized spacial score (nSPS) is 13.9. The summed E-state index contributed by atoms with van der Waals surface area (Å²) in [7, 11) is 0. The highest BCUT2D eigenvalue weighted by Crippen LogP contribution is 2.18. The molecule has 0 heterocycles. The van der Waals surface area contributed by atoms with Gasteiger partial charge in [-0.05, 0) is 31.4 Å². The van der Waals surface area contributed by atoms with Crippen LogP contribution in [-0.4, -0.2) is 47.5 Å². The molecule has 0 aliphatic rings. The standard InChI is InChI=1S/C22H31NO3/c1-18(2)26-15-9-14-23(16-21(24)19-10-5-3-6-11-19)17-22(25)20-12-7-4-8-13-20/h3-8,10-13,18,21-22,24-25H,9,14-17H2,1-2H3/t21-,22-/m0/s1. The first-order chi connectivity index (χ1) is 12.6. The van der Waals surface area contributed by atoms with Gasteiger partial charge in [0.25, 0.3) is 0 Å². The van der Waals surface area contributed by atoms with Crippen molar-refractivity contribution >= 4 is 0 Å². The summed E-state index contributed by atoms with van der Waals surface area (Å²) < 4.78 is 5.62. The number of aliphatic hydroxyl groups is 2. The second-order valence-electron chi connectivity index (χ2n) is 6.89. The molecule has 0 aliphatic heterocycles. The zero-order chi connectivity index (χ0) is 18.8. The van der Waals surface area contributed by atoms with E-state index < -0.39 is 12.2 Å². The fraction of sp³-hybridized carbons (Fsp3) is 0.455. The van der Waals surface area contributed by atoms with Gasteiger partial charge < -0.3 is 14.9 Å². The Morgan fingerprint density at radius 2 is 1.27 bits per heavy atom. The van der Waals surface area contributed by atoms with Gasteiger partial charge in [0.1, 0.15) is 0 Å². The van der Waals surface area contributed by atoms with Crippen molar-refractivity contribution in [2.45, 2.75) is 38.6 Å². The van der Waals surface area contributed by atoms with Crippen LogP contribution in [0.5, 0.6) is 0 Å². The summed E-state index contributed by atoms with van der Waals surface area (Å²) in [5.74, 6) is 0. The molecule has 2 rings (SSSR count). The smallest absolute Gasteiger partial charge is 0.0916 e. The van der Waals surface area contributed by atoms with Crippen molar-refractivity contribution in [1.29, 1.82) is 0 Å². The minimum Gasteiger partial charge on any atom is -0.387 e. The van der Waals surface area contributed by atoms with E-state index in [0.29, 0.717) is 19.7 Å². The van der Waals surface area contributed by atoms with E-state index in [4.69, 9.17) is 4.74 Å². The lowest BCUT2D eigenvalue weighted by molar-refractivity contribution is 0.0464. The van der Waals surface area contributed by atoms with Crippen LogP contribution in [0, 0.1) is 0 Å². The van der Waals surface area contributed by atoms with Crippen LogP contribution >= 0.6 is 0 Å². The van der Waals surface area contributed by atoms with E-state index in [1.54, 1.807) is 0 Å². The van der Waals surface area contributed by atoms with E-state index >= 15 is 0 Å². The Labute approximate surface area is 157 Å². The predicted molar refractivity (Wildman–Crippen MR) is 105 cm³/mol. The van der Waals surface area contributed by atoms with E-state index in [1.807, 2.05) is 74.5 Å². The quantitative estimate of drug-likeness (QED) is 0.604. The zero-order valence-corrected chi connectivity index (χ0v) is 15.8. The number of rotatable bonds is 11. The largest absolute Gasteiger partial charge is 0.387 e. The number of benzene rings is 2. The highest BCUT2D eigenvalue weighted by atomic mass is 16.5. The van der Waals surface area contributed by atoms with Crippen molar-refractivity contribution in [3.8, 4) is 0 Å². The van der Waals surface area contributed by atoms with Crippen molar-refractivity contribution in [2.24, 2.45) is 0 Å². The van der Waals surface area contributed by atoms with Crippen molar-refractivity contribution < 1.29 is 14.9 Å². The lowest BCUT2D eigenvalue weighted by Crippen LogP contribution is -2.34. The second kappa shape index (κ2) is 11.1. The topological polar surface area (TPSA) is 52.9 Å². The predicted octanol–water partition coefficient (Wildman–Crippen LogP) is 3.57. The van der Waals surface area contributed by atoms with Gasteiger partial charge >= 0.3 is 0 Å². The number of ether oxygens (including phenoxy) is 1. The molecule has 0 radical (unpaired) electrons. The monoisotopic (exact) mass is 357 g/mol. The Balaban J connectivity index is 1.96. The molecule has 0 fully saturated rings. The third-order valence-corrected chi connectivity index (χ3v) is 4.30. The van der Waals surface area contributed by atoms with Gasteiger partial charge in [-0.2, -0.15) is 0 Å². The highest BCUT2D eigenvalue weighted by Gasteiger charge is 2.17. The molecule has 142 valence electrons. The van der Waals surface area contributed by atoms with E-state index in [2.05, 4.69) is 4.90 Å². The fourth-order valence-corrected chi connectivity index (χ4v) is 2.91. The molecule has 0 bridgehead atoms. The molecule has 0 amide bonds. The minimum absolute atomic E-state index is 0.216. The fourth-order valence-electron chi connectivity index (χ4n) is 2.91. The third-order valence-electron chi connectivity index (χ3n) is 4.30. The van der Waals surface area contributed by atoms with Crippen LogP contribution in [0.25, 0.3) is 0 Å². The lowest BCUT2D eigenvalue weighted by Gasteiger charge is -2.27. The summed E-state index contributed by atoms with van der Waals surface area (Å²) in [5.41, 5.74) is 1.79. The SMILES string of the molecule is CC(C)OCCCN(C[C@H](O)c1ccccc1)C[C@H](O)c1ccccc1. The van der Waals surface area contributed by atoms with Crippen molar-refractivity contribution in [3.63, 3.8) is 0 Å². The Bertz CT molecular complexity index is 556. The molecule has 0 spiro atoms. The Hall–Kier alpha value is -1.72. The molecule has 0 saturated carbocycles. The molecule has 4 heteroatoms. The maximum atomic E-state index is 10.6. The van der Waals surface area contributed by atoms with E-state index in [9.17, 15) is 10.2 Å². The van der Waals surface area contributed by atoms with E-state index in [-0.39, 0.29) is 6.10 Å². The maximum Gasteiger partial charge on any atom is 0.0916 e. The first-order valence-corrected chi connectivity index (χ1v) is 9.36. The van der Waals surface area contributed by atoms with E-state index in [1.165, 1.54) is 0 Å². The third kappa shape index (κ3) is 7.26. The molecule has 2 aromatic rings. The average Bonchev–Trinajstić information content (AvgIpc) is 2.66. The molecule has 0 unspecified atom stereocenters. The number of hydrogen-bond donors (Lipinski definition) is 2. The Morgan fingerprint density at radius 3 is 1.69 bits per heavy atom. The molecular weight excluding hydrogens is 326 g/mol. The number of hydrogen-bond acceptors (Lipinski definition) is 4. The van der Waals surface area contributed by atoms with Crippen LogP contribution in [0.15, 0.2) is 60.7 Å². The van der Waals surface area contributed by atoms with Gasteiger partial charge in [0.15, 0.2) is 0 Å². The number of aliphatic hydroxyl groups excluding tert-OH is 2. The van der Waals surface area contributed by atoms with Crippen molar-refractivity contribution in [2.75, 3.05) is 26.2 Å². The highest BCUT2D eigenvalue weighted by molar-refractivity contribution is 5.19. The first-order valence-electron chi connectivity index (χ1n) is 9.36. The summed E-state index contributed by atoms with van der Waals surface area (Å²) in [6.45, 7) is 6.45. The van der Waals surface area contributed by atoms with Crippen LogP contribution < -0.4 is 0 Å². The molecule has 0 aromatic heterocycles. The van der Waals surface area contributed by atoms with Crippen LogP contribution in [0.3, 0.4) is 0 Å². The Kier molecular flexibility index (Phi) is 8.78. The molecular formula is C22H31NO3. The molecule has 2 aromatic carbocycles. The molecule has 4 nitrogen and oxygen atoms in total. The van der Waals surface area contributed by atoms with Crippen molar-refractivity contribution in [1.82, 2.24) is 4.90 Å². The van der Waals surface area contributed by atoms with Crippen LogP contribution in [0.1, 0.15) is 43.6 Å². The summed E-state index contributed by atoms with van der Waals surface area (Å²) in [4.78, 5) is 2.11. The van der Waals surface area contributed by atoms with Gasteiger partial charge in [-0.15, -0.1) is 0 Å². The summed E-state index contributed by atoms with van der Waals surface area (Å²) in [5, 5.41) is 21.1. The molecule has 26 heavy (non-hydrogen) atoms. The van der Waals surface area contributed by atoms with Gasteiger partial charge in [-0.3, -0.25) is 4.90 Å². The van der Waals surface area contributed by atoms with Crippen molar-refractivity contribution in [3.05, 3.63) is 71.8 Å². The van der Waals surface area contributed by atoms with Gasteiger partial charge in [-0.1, -0.05) is 60.7 Å². The lowest BCUT2D eigenvalue weighted by atomic mass is 10.1. The van der Waals surface area contributed by atoms with Crippen LogP contribution in [-0.2, 0) is 4.74 Å². The molecule has 0 aliphatic carbocycles. The minimum atomic E-state index is -0.579. The molecule has 0 saturated heterocycles. The summed E-state index contributed by atoms with van der Waals surface area (Å²) >= 11 is 0.